The lowest BCUT2D eigenvalue weighted by atomic mass is 10.1. The van der Waals surface area contributed by atoms with Gasteiger partial charge in [-0.3, -0.25) is 4.98 Å². The molecular weight excluding hydrogens is 226 g/mol. The first-order valence-electron chi connectivity index (χ1n) is 5.53. The molecule has 0 saturated heterocycles. The highest BCUT2D eigenvalue weighted by molar-refractivity contribution is 5.63. The average molecular weight is 239 g/mol. The van der Waals surface area contributed by atoms with E-state index in [0.29, 0.717) is 17.1 Å². The topological polar surface area (TPSA) is 87.6 Å². The van der Waals surface area contributed by atoms with Gasteiger partial charge < -0.3 is 11.1 Å². The Balaban J connectivity index is 2.18. The summed E-state index contributed by atoms with van der Waals surface area (Å²) in [6, 6.07) is 7.50. The van der Waals surface area contributed by atoms with Crippen molar-refractivity contribution < 1.29 is 0 Å². The smallest absolute Gasteiger partial charge is 0.149 e. The van der Waals surface area contributed by atoms with E-state index >= 15 is 0 Å². The Kier molecular flexibility index (Phi) is 3.39. The van der Waals surface area contributed by atoms with Crippen molar-refractivity contribution in [1.29, 1.82) is 5.26 Å². The molecule has 2 aromatic rings. The Labute approximate surface area is 105 Å². The third kappa shape index (κ3) is 2.55. The molecule has 2 rings (SSSR count). The predicted octanol–water partition coefficient (Wildman–Crippen LogP) is 2.10. The van der Waals surface area contributed by atoms with Crippen LogP contribution < -0.4 is 11.1 Å². The highest BCUT2D eigenvalue weighted by Crippen LogP contribution is 2.22. The number of nitrogen functional groups attached to an aromatic ring is 1. The molecule has 0 aromatic carbocycles. The van der Waals surface area contributed by atoms with E-state index in [4.69, 9.17) is 11.0 Å². The number of nitrogens with one attached hydrogen (secondary N) is 1. The molecule has 0 spiro atoms. The van der Waals surface area contributed by atoms with Crippen molar-refractivity contribution in [2.75, 3.05) is 11.1 Å². The second kappa shape index (κ2) is 5.15. The summed E-state index contributed by atoms with van der Waals surface area (Å²) in [6.45, 7) is 2.00. The van der Waals surface area contributed by atoms with E-state index < -0.39 is 0 Å². The number of anilines is 2. The first-order valence-corrected chi connectivity index (χ1v) is 5.53. The molecule has 5 nitrogen and oxygen atoms in total. The number of nitriles is 1. The highest BCUT2D eigenvalue weighted by Gasteiger charge is 2.08. The summed E-state index contributed by atoms with van der Waals surface area (Å²) in [5, 5.41) is 11.9. The van der Waals surface area contributed by atoms with Gasteiger partial charge >= 0.3 is 0 Å². The number of nitrogens with zero attached hydrogens (tertiary/aromatic N) is 3. The molecule has 90 valence electrons. The highest BCUT2D eigenvalue weighted by atomic mass is 15.0. The lowest BCUT2D eigenvalue weighted by Gasteiger charge is -2.15. The summed E-state index contributed by atoms with van der Waals surface area (Å²) in [4.78, 5) is 8.20. The fourth-order valence-corrected chi connectivity index (χ4v) is 1.58. The van der Waals surface area contributed by atoms with Crippen LogP contribution in [0.3, 0.4) is 0 Å². The van der Waals surface area contributed by atoms with Crippen molar-refractivity contribution in [3.63, 3.8) is 0 Å². The van der Waals surface area contributed by atoms with E-state index in [0.717, 1.165) is 5.56 Å². The van der Waals surface area contributed by atoms with Crippen LogP contribution in [0.15, 0.2) is 36.8 Å². The van der Waals surface area contributed by atoms with Crippen molar-refractivity contribution in [2.45, 2.75) is 13.0 Å². The largest absolute Gasteiger partial charge is 0.396 e. The zero-order valence-electron chi connectivity index (χ0n) is 9.96. The van der Waals surface area contributed by atoms with Gasteiger partial charge in [-0.2, -0.15) is 5.26 Å². The van der Waals surface area contributed by atoms with Crippen LogP contribution in [0.1, 0.15) is 24.1 Å². The summed E-state index contributed by atoms with van der Waals surface area (Å²) in [6.07, 6.45) is 5.01. The van der Waals surface area contributed by atoms with E-state index in [-0.39, 0.29) is 6.04 Å². The normalized spacial score (nSPS) is 11.6. The second-order valence-electron chi connectivity index (χ2n) is 3.93. The van der Waals surface area contributed by atoms with Gasteiger partial charge in [0.25, 0.3) is 0 Å². The van der Waals surface area contributed by atoms with Crippen LogP contribution >= 0.6 is 0 Å². The fraction of sp³-hybridized carbons (Fsp3) is 0.154. The Morgan fingerprint density at radius 3 is 2.89 bits per heavy atom. The molecule has 0 aliphatic carbocycles. The number of nitrogens with two attached hydrogens (primary N) is 1. The zero-order chi connectivity index (χ0) is 13.0. The molecule has 0 aliphatic heterocycles. The maximum Gasteiger partial charge on any atom is 0.149 e. The van der Waals surface area contributed by atoms with Crippen LogP contribution in [0.4, 0.5) is 11.5 Å². The first kappa shape index (κ1) is 11.9. The monoisotopic (exact) mass is 239 g/mol. The van der Waals surface area contributed by atoms with E-state index in [1.54, 1.807) is 18.5 Å². The van der Waals surface area contributed by atoms with Crippen molar-refractivity contribution in [2.24, 2.45) is 0 Å². The molecule has 3 N–H and O–H groups in total. The van der Waals surface area contributed by atoms with E-state index in [1.807, 2.05) is 25.1 Å². The van der Waals surface area contributed by atoms with Crippen molar-refractivity contribution in [3.8, 4) is 6.07 Å². The molecule has 2 heterocycles. The van der Waals surface area contributed by atoms with Gasteiger partial charge in [-0.05, 0) is 24.6 Å². The molecule has 18 heavy (non-hydrogen) atoms. The summed E-state index contributed by atoms with van der Waals surface area (Å²) in [7, 11) is 0. The van der Waals surface area contributed by atoms with Crippen LogP contribution in [0.5, 0.6) is 0 Å². The minimum Gasteiger partial charge on any atom is -0.396 e. The maximum absolute atomic E-state index is 8.74. The number of pyridine rings is 2. The molecule has 2 aromatic heterocycles. The van der Waals surface area contributed by atoms with E-state index in [1.165, 1.54) is 6.20 Å². The Morgan fingerprint density at radius 1 is 1.44 bits per heavy atom. The van der Waals surface area contributed by atoms with Crippen molar-refractivity contribution >= 4 is 11.5 Å². The van der Waals surface area contributed by atoms with Gasteiger partial charge in [0, 0.05) is 18.6 Å². The van der Waals surface area contributed by atoms with Gasteiger partial charge in [-0.15, -0.1) is 0 Å². The van der Waals surface area contributed by atoms with Crippen molar-refractivity contribution in [3.05, 3.63) is 47.9 Å². The van der Waals surface area contributed by atoms with Gasteiger partial charge in [-0.1, -0.05) is 6.07 Å². The molecule has 1 atom stereocenters. The van der Waals surface area contributed by atoms with Crippen LogP contribution in [0.2, 0.25) is 0 Å². The van der Waals surface area contributed by atoms with E-state index in [9.17, 15) is 0 Å². The Bertz CT molecular complexity index is 574. The Hall–Kier alpha value is -2.61. The molecule has 0 radical (unpaired) electrons. The second-order valence-corrected chi connectivity index (χ2v) is 3.93. The van der Waals surface area contributed by atoms with Crippen LogP contribution in [0, 0.1) is 11.3 Å². The quantitative estimate of drug-likeness (QED) is 0.856. The minimum absolute atomic E-state index is 0.0430. The molecule has 0 fully saturated rings. The first-order chi connectivity index (χ1) is 8.70. The predicted molar refractivity (Wildman–Crippen MR) is 69.6 cm³/mol. The van der Waals surface area contributed by atoms with Crippen molar-refractivity contribution in [1.82, 2.24) is 9.97 Å². The summed E-state index contributed by atoms with van der Waals surface area (Å²) in [5.74, 6) is 0.574. The zero-order valence-corrected chi connectivity index (χ0v) is 9.96. The SMILES string of the molecule is CC(Nc1ncc(C#N)cc1N)c1cccnc1. The number of hydrogen-bond donors (Lipinski definition) is 2. The third-order valence-electron chi connectivity index (χ3n) is 2.58. The summed E-state index contributed by atoms with van der Waals surface area (Å²) < 4.78 is 0. The standard InChI is InChI=1S/C13H13N5/c1-9(11-3-2-4-16-8-11)18-13-12(15)5-10(6-14)7-17-13/h2-5,7-9H,15H2,1H3,(H,17,18). The van der Waals surface area contributed by atoms with Gasteiger partial charge in [0.1, 0.15) is 11.9 Å². The summed E-state index contributed by atoms with van der Waals surface area (Å²) >= 11 is 0. The fourth-order valence-electron chi connectivity index (χ4n) is 1.58. The lowest BCUT2D eigenvalue weighted by Crippen LogP contribution is -2.10. The number of rotatable bonds is 3. The van der Waals surface area contributed by atoms with Gasteiger partial charge in [0.15, 0.2) is 0 Å². The third-order valence-corrected chi connectivity index (χ3v) is 2.58. The van der Waals surface area contributed by atoms with Crippen LogP contribution in [-0.4, -0.2) is 9.97 Å². The average Bonchev–Trinajstić information content (AvgIpc) is 2.42. The summed E-state index contributed by atoms with van der Waals surface area (Å²) in [5.41, 5.74) is 7.79. The molecule has 0 amide bonds. The molecule has 5 heteroatoms. The molecule has 1 unspecified atom stereocenters. The minimum atomic E-state index is 0.0430. The molecule has 0 saturated carbocycles. The molecule has 0 bridgehead atoms. The van der Waals surface area contributed by atoms with Gasteiger partial charge in [0.05, 0.1) is 17.3 Å². The molecular formula is C13H13N5. The molecule has 0 aliphatic rings. The van der Waals surface area contributed by atoms with Gasteiger partial charge in [0.2, 0.25) is 0 Å². The van der Waals surface area contributed by atoms with E-state index in [2.05, 4.69) is 15.3 Å². The Morgan fingerprint density at radius 2 is 2.28 bits per heavy atom. The lowest BCUT2D eigenvalue weighted by molar-refractivity contribution is 0.867. The van der Waals surface area contributed by atoms with Crippen LogP contribution in [-0.2, 0) is 0 Å². The number of aromatic nitrogens is 2. The number of hydrogen-bond acceptors (Lipinski definition) is 5. The maximum atomic E-state index is 8.74. The van der Waals surface area contributed by atoms with Crippen LogP contribution in [0.25, 0.3) is 0 Å². The van der Waals surface area contributed by atoms with Gasteiger partial charge in [-0.25, -0.2) is 4.98 Å².